The van der Waals surface area contributed by atoms with Crippen LogP contribution in [0.5, 0.6) is 0 Å². The Morgan fingerprint density at radius 3 is 2.94 bits per heavy atom. The number of nitrogens with one attached hydrogen (secondary N) is 1. The van der Waals surface area contributed by atoms with E-state index in [4.69, 9.17) is 4.74 Å². The zero-order valence-electron chi connectivity index (χ0n) is 9.29. The first-order chi connectivity index (χ1) is 7.84. The van der Waals surface area contributed by atoms with Gasteiger partial charge in [0.05, 0.1) is 0 Å². The molecule has 1 aliphatic rings. The van der Waals surface area contributed by atoms with Crippen molar-refractivity contribution in [3.63, 3.8) is 0 Å². The summed E-state index contributed by atoms with van der Waals surface area (Å²) in [6, 6.07) is 5.92. The second-order valence-corrected chi connectivity index (χ2v) is 4.93. The lowest BCUT2D eigenvalue weighted by Crippen LogP contribution is -2.18. The average molecular weight is 285 g/mol. The van der Waals surface area contributed by atoms with Crippen LogP contribution in [0.1, 0.15) is 19.3 Å². The number of nitrogens with zero attached hydrogens (tertiary/aromatic N) is 1. The van der Waals surface area contributed by atoms with Crippen molar-refractivity contribution in [3.05, 3.63) is 22.8 Å². The molecular formula is C12H17BrN2O. The molecule has 0 amide bonds. The van der Waals surface area contributed by atoms with E-state index in [1.165, 1.54) is 19.3 Å². The summed E-state index contributed by atoms with van der Waals surface area (Å²) in [6.07, 6.45) is 3.61. The predicted octanol–water partition coefficient (Wildman–Crippen LogP) is 3.07. The SMILES string of the molecule is Brc1cccc(NCCC2CCOCC2)n1. The molecule has 0 spiro atoms. The molecule has 0 bridgehead atoms. The van der Waals surface area contributed by atoms with Crippen molar-refractivity contribution >= 4 is 21.7 Å². The van der Waals surface area contributed by atoms with Gasteiger partial charge in [-0.3, -0.25) is 0 Å². The summed E-state index contributed by atoms with van der Waals surface area (Å²) in [6.45, 7) is 2.85. The summed E-state index contributed by atoms with van der Waals surface area (Å²) in [5.74, 6) is 1.76. The lowest BCUT2D eigenvalue weighted by atomic mass is 9.97. The molecule has 0 aromatic carbocycles. The minimum Gasteiger partial charge on any atom is -0.381 e. The van der Waals surface area contributed by atoms with Crippen LogP contribution in [-0.2, 0) is 4.74 Å². The van der Waals surface area contributed by atoms with E-state index in [-0.39, 0.29) is 0 Å². The minimum absolute atomic E-state index is 0.813. The molecule has 0 unspecified atom stereocenters. The Morgan fingerprint density at radius 1 is 1.38 bits per heavy atom. The fraction of sp³-hybridized carbons (Fsp3) is 0.583. The van der Waals surface area contributed by atoms with E-state index in [1.54, 1.807) is 0 Å². The highest BCUT2D eigenvalue weighted by Gasteiger charge is 2.12. The Bertz CT molecular complexity index is 327. The lowest BCUT2D eigenvalue weighted by Gasteiger charge is -2.21. The summed E-state index contributed by atoms with van der Waals surface area (Å²) in [7, 11) is 0. The molecule has 2 rings (SSSR count). The molecule has 1 saturated heterocycles. The maximum atomic E-state index is 5.34. The quantitative estimate of drug-likeness (QED) is 0.863. The van der Waals surface area contributed by atoms with Crippen molar-refractivity contribution in [2.45, 2.75) is 19.3 Å². The molecule has 1 aromatic rings. The van der Waals surface area contributed by atoms with E-state index in [0.717, 1.165) is 36.1 Å². The number of halogens is 1. The zero-order chi connectivity index (χ0) is 11.2. The Balaban J connectivity index is 1.71. The van der Waals surface area contributed by atoms with E-state index in [1.807, 2.05) is 18.2 Å². The van der Waals surface area contributed by atoms with Crippen LogP contribution in [0.25, 0.3) is 0 Å². The number of hydrogen-bond donors (Lipinski definition) is 1. The predicted molar refractivity (Wildman–Crippen MR) is 68.6 cm³/mol. The van der Waals surface area contributed by atoms with Crippen LogP contribution in [0.2, 0.25) is 0 Å². The van der Waals surface area contributed by atoms with Gasteiger partial charge in [0.1, 0.15) is 10.4 Å². The molecule has 1 N–H and O–H groups in total. The van der Waals surface area contributed by atoms with Gasteiger partial charge in [0.25, 0.3) is 0 Å². The number of anilines is 1. The van der Waals surface area contributed by atoms with Gasteiger partial charge in [-0.15, -0.1) is 0 Å². The van der Waals surface area contributed by atoms with Gasteiger partial charge in [0, 0.05) is 19.8 Å². The third kappa shape index (κ3) is 3.76. The molecular weight excluding hydrogens is 268 g/mol. The van der Waals surface area contributed by atoms with Crippen LogP contribution < -0.4 is 5.32 Å². The van der Waals surface area contributed by atoms with Gasteiger partial charge < -0.3 is 10.1 Å². The topological polar surface area (TPSA) is 34.1 Å². The summed E-state index contributed by atoms with van der Waals surface area (Å²) in [5.41, 5.74) is 0. The van der Waals surface area contributed by atoms with Gasteiger partial charge in [-0.25, -0.2) is 4.98 Å². The number of rotatable bonds is 4. The molecule has 2 heterocycles. The van der Waals surface area contributed by atoms with Crippen LogP contribution in [0.15, 0.2) is 22.8 Å². The summed E-state index contributed by atoms with van der Waals surface area (Å²) >= 11 is 3.36. The van der Waals surface area contributed by atoms with Crippen LogP contribution in [-0.4, -0.2) is 24.7 Å². The standard InChI is InChI=1S/C12H17BrN2O/c13-11-2-1-3-12(15-11)14-7-4-10-5-8-16-9-6-10/h1-3,10H,4-9H2,(H,14,15). The molecule has 0 radical (unpaired) electrons. The largest absolute Gasteiger partial charge is 0.381 e. The molecule has 3 nitrogen and oxygen atoms in total. The highest BCUT2D eigenvalue weighted by molar-refractivity contribution is 9.10. The second-order valence-electron chi connectivity index (χ2n) is 4.12. The summed E-state index contributed by atoms with van der Waals surface area (Å²) in [4.78, 5) is 4.34. The monoisotopic (exact) mass is 284 g/mol. The second kappa shape index (κ2) is 6.21. The summed E-state index contributed by atoms with van der Waals surface area (Å²) in [5, 5.41) is 3.35. The molecule has 1 aliphatic heterocycles. The molecule has 88 valence electrons. The van der Waals surface area contributed by atoms with Crippen LogP contribution >= 0.6 is 15.9 Å². The maximum absolute atomic E-state index is 5.34. The molecule has 0 atom stereocenters. The van der Waals surface area contributed by atoms with Crippen molar-refractivity contribution in [1.29, 1.82) is 0 Å². The van der Waals surface area contributed by atoms with E-state index >= 15 is 0 Å². The normalized spacial score (nSPS) is 17.3. The average Bonchev–Trinajstić information content (AvgIpc) is 2.30. The van der Waals surface area contributed by atoms with Crippen molar-refractivity contribution in [2.24, 2.45) is 5.92 Å². The van der Waals surface area contributed by atoms with Crippen LogP contribution in [0, 0.1) is 5.92 Å². The van der Waals surface area contributed by atoms with Gasteiger partial charge in [-0.05, 0) is 53.2 Å². The van der Waals surface area contributed by atoms with Gasteiger partial charge in [-0.1, -0.05) is 6.07 Å². The Hall–Kier alpha value is -0.610. The molecule has 0 aliphatic carbocycles. The van der Waals surface area contributed by atoms with Gasteiger partial charge >= 0.3 is 0 Å². The van der Waals surface area contributed by atoms with Gasteiger partial charge in [0.15, 0.2) is 0 Å². The molecule has 1 fully saturated rings. The highest BCUT2D eigenvalue weighted by atomic mass is 79.9. The van der Waals surface area contributed by atoms with Crippen LogP contribution in [0.4, 0.5) is 5.82 Å². The van der Waals surface area contributed by atoms with E-state index < -0.39 is 0 Å². The van der Waals surface area contributed by atoms with Gasteiger partial charge in [-0.2, -0.15) is 0 Å². The number of pyridine rings is 1. The molecule has 0 saturated carbocycles. The Morgan fingerprint density at radius 2 is 2.19 bits per heavy atom. The van der Waals surface area contributed by atoms with Crippen molar-refractivity contribution in [2.75, 3.05) is 25.1 Å². The molecule has 1 aromatic heterocycles. The van der Waals surface area contributed by atoms with Crippen LogP contribution in [0.3, 0.4) is 0 Å². The third-order valence-corrected chi connectivity index (χ3v) is 3.36. The summed E-state index contributed by atoms with van der Waals surface area (Å²) < 4.78 is 6.22. The maximum Gasteiger partial charge on any atom is 0.127 e. The molecule has 4 heteroatoms. The lowest BCUT2D eigenvalue weighted by molar-refractivity contribution is 0.0649. The van der Waals surface area contributed by atoms with E-state index in [9.17, 15) is 0 Å². The fourth-order valence-corrected chi connectivity index (χ4v) is 2.29. The number of ether oxygens (including phenoxy) is 1. The van der Waals surface area contributed by atoms with E-state index in [0.29, 0.717) is 0 Å². The Labute approximate surface area is 105 Å². The number of hydrogen-bond acceptors (Lipinski definition) is 3. The highest BCUT2D eigenvalue weighted by Crippen LogP contribution is 2.18. The first kappa shape index (κ1) is 11.9. The Kier molecular flexibility index (Phi) is 4.60. The van der Waals surface area contributed by atoms with Crippen molar-refractivity contribution < 1.29 is 4.74 Å². The zero-order valence-corrected chi connectivity index (χ0v) is 10.9. The number of aromatic nitrogens is 1. The minimum atomic E-state index is 0.813. The fourth-order valence-electron chi connectivity index (χ4n) is 1.95. The van der Waals surface area contributed by atoms with Crippen molar-refractivity contribution in [1.82, 2.24) is 4.98 Å². The first-order valence-electron chi connectivity index (χ1n) is 5.79. The smallest absolute Gasteiger partial charge is 0.127 e. The third-order valence-electron chi connectivity index (χ3n) is 2.91. The van der Waals surface area contributed by atoms with Gasteiger partial charge in [0.2, 0.25) is 0 Å². The first-order valence-corrected chi connectivity index (χ1v) is 6.58. The van der Waals surface area contributed by atoms with Crippen molar-refractivity contribution in [3.8, 4) is 0 Å². The molecule has 16 heavy (non-hydrogen) atoms. The van der Waals surface area contributed by atoms with E-state index in [2.05, 4.69) is 26.2 Å².